The molecule has 4 aromatic rings. The fourth-order valence-corrected chi connectivity index (χ4v) is 2.89. The fraction of sp³-hybridized carbons (Fsp3) is 0.200. The molecule has 15 heteroatoms. The smallest absolute Gasteiger partial charge is 0.384 e. The van der Waals surface area contributed by atoms with Gasteiger partial charge >= 0.3 is 27.3 Å². The van der Waals surface area contributed by atoms with Crippen LogP contribution in [0.4, 0.5) is 11.6 Å². The third kappa shape index (κ3) is 11.1. The van der Waals surface area contributed by atoms with Crippen LogP contribution >= 0.6 is 0 Å². The maximum Gasteiger partial charge on any atom is 2.00 e. The van der Waals surface area contributed by atoms with Gasteiger partial charge in [-0.05, 0) is 75.2 Å². The van der Waals surface area contributed by atoms with Gasteiger partial charge in [-0.15, -0.1) is 0 Å². The standard InChI is InChI=1S/2C10H11N3.Cd.2NO3/c2*1-6-5-7(2)12-10-8(6)3-4-9(11)13-10;;2*2-1(3)4/h2*3-5H,1-2H3,(H2,11,12,13);;;/q;;+2;2*-1. The minimum absolute atomic E-state index is 0. The first-order valence-corrected chi connectivity index (χ1v) is 9.44. The molecule has 180 valence electrons. The summed E-state index contributed by atoms with van der Waals surface area (Å²) < 4.78 is 0. The van der Waals surface area contributed by atoms with Crippen molar-refractivity contribution >= 4 is 33.7 Å². The number of nitrogens with two attached hydrogens (primary N) is 2. The largest absolute Gasteiger partial charge is 2.00 e. The molecule has 0 bridgehead atoms. The zero-order valence-electron chi connectivity index (χ0n) is 19.5. The van der Waals surface area contributed by atoms with Crippen LogP contribution in [0.3, 0.4) is 0 Å². The second-order valence-electron chi connectivity index (χ2n) is 6.82. The molecule has 0 aromatic carbocycles. The van der Waals surface area contributed by atoms with E-state index < -0.39 is 10.2 Å². The molecule has 0 fully saturated rings. The Morgan fingerprint density at radius 1 is 0.629 bits per heavy atom. The Kier molecular flexibility index (Phi) is 12.7. The monoisotopic (exact) mass is 584 g/mol. The number of anilines is 2. The van der Waals surface area contributed by atoms with Crippen molar-refractivity contribution in [3.05, 3.63) is 89.6 Å². The van der Waals surface area contributed by atoms with Crippen LogP contribution in [0.25, 0.3) is 22.1 Å². The van der Waals surface area contributed by atoms with E-state index in [9.17, 15) is 0 Å². The Hall–Kier alpha value is -3.96. The number of aromatic nitrogens is 4. The van der Waals surface area contributed by atoms with Crippen LogP contribution in [-0.2, 0) is 27.3 Å². The first kappa shape index (κ1) is 31.0. The number of rotatable bonds is 0. The second kappa shape index (κ2) is 14.3. The van der Waals surface area contributed by atoms with Crippen molar-refractivity contribution in [2.45, 2.75) is 27.7 Å². The molecule has 14 nitrogen and oxygen atoms in total. The van der Waals surface area contributed by atoms with Crippen molar-refractivity contribution in [1.29, 1.82) is 0 Å². The summed E-state index contributed by atoms with van der Waals surface area (Å²) in [6.45, 7) is 8.01. The molecule has 0 aliphatic carbocycles. The van der Waals surface area contributed by atoms with Gasteiger partial charge in [0.2, 0.25) is 0 Å². The summed E-state index contributed by atoms with van der Waals surface area (Å²) in [6, 6.07) is 11.6. The fourth-order valence-electron chi connectivity index (χ4n) is 2.89. The number of hydrogen-bond donors (Lipinski definition) is 2. The molecule has 0 amide bonds. The van der Waals surface area contributed by atoms with Crippen LogP contribution in [0.15, 0.2) is 36.4 Å². The van der Waals surface area contributed by atoms with E-state index in [0.29, 0.717) is 11.6 Å². The molecule has 35 heavy (non-hydrogen) atoms. The molecule has 0 saturated heterocycles. The summed E-state index contributed by atoms with van der Waals surface area (Å²) in [5, 5.41) is 31.6. The van der Waals surface area contributed by atoms with E-state index >= 15 is 0 Å². The van der Waals surface area contributed by atoms with Crippen molar-refractivity contribution in [2.24, 2.45) is 0 Å². The molecule has 0 spiro atoms. The quantitative estimate of drug-likeness (QED) is 0.173. The van der Waals surface area contributed by atoms with Gasteiger partial charge < -0.3 is 42.1 Å². The molecular weight excluding hydrogens is 561 g/mol. The summed E-state index contributed by atoms with van der Waals surface area (Å²) in [5.74, 6) is 1.04. The van der Waals surface area contributed by atoms with Gasteiger partial charge in [0.1, 0.15) is 11.6 Å². The summed E-state index contributed by atoms with van der Waals surface area (Å²) in [6.07, 6.45) is 0. The molecule has 4 aromatic heterocycles. The minimum atomic E-state index is -1.75. The molecule has 0 aliphatic heterocycles. The van der Waals surface area contributed by atoms with Gasteiger partial charge in [0.15, 0.2) is 11.3 Å². The zero-order valence-corrected chi connectivity index (χ0v) is 23.5. The van der Waals surface area contributed by atoms with Gasteiger partial charge in [0, 0.05) is 22.2 Å². The number of nitrogen functional groups attached to an aromatic ring is 2. The van der Waals surface area contributed by atoms with E-state index in [0.717, 1.165) is 33.5 Å². The van der Waals surface area contributed by atoms with Crippen LogP contribution in [0.2, 0.25) is 0 Å². The van der Waals surface area contributed by atoms with E-state index in [1.165, 1.54) is 11.1 Å². The Bertz CT molecular complexity index is 1200. The van der Waals surface area contributed by atoms with Gasteiger partial charge in [-0.3, -0.25) is 0 Å². The Morgan fingerprint density at radius 3 is 1.20 bits per heavy atom. The average Bonchev–Trinajstić information content (AvgIpc) is 2.66. The number of fused-ring (bicyclic) bond motifs is 2. The Labute approximate surface area is 219 Å². The molecule has 4 heterocycles. The number of aryl methyl sites for hydroxylation is 4. The van der Waals surface area contributed by atoms with E-state index in [2.05, 4.69) is 33.8 Å². The topological polar surface area (TPSA) is 236 Å². The zero-order chi connectivity index (χ0) is 26.0. The van der Waals surface area contributed by atoms with E-state index in [-0.39, 0.29) is 27.3 Å². The minimum Gasteiger partial charge on any atom is -0.384 e. The third-order valence-electron chi connectivity index (χ3n) is 4.06. The third-order valence-corrected chi connectivity index (χ3v) is 4.06. The van der Waals surface area contributed by atoms with E-state index in [1.807, 2.05) is 38.1 Å². The van der Waals surface area contributed by atoms with Gasteiger partial charge in [0.25, 0.3) is 0 Å². The average molecular weight is 583 g/mol. The molecule has 0 atom stereocenters. The SMILES string of the molecule is Cc1cc(C)c2ccc(N)nc2n1.Cc1cc(C)c2ccc(N)nc2n1.O=[N+]([O-])[O-].O=[N+]([O-])[O-].[Cd+2]. The number of hydrogen-bond acceptors (Lipinski definition) is 12. The van der Waals surface area contributed by atoms with E-state index in [4.69, 9.17) is 42.1 Å². The van der Waals surface area contributed by atoms with Crippen LogP contribution in [0, 0.1) is 58.3 Å². The molecule has 4 rings (SSSR count). The second-order valence-corrected chi connectivity index (χ2v) is 6.82. The van der Waals surface area contributed by atoms with Crippen molar-refractivity contribution in [3.63, 3.8) is 0 Å². The molecule has 4 N–H and O–H groups in total. The van der Waals surface area contributed by atoms with Gasteiger partial charge in [-0.25, -0.2) is 19.9 Å². The van der Waals surface area contributed by atoms with Crippen LogP contribution < -0.4 is 11.5 Å². The number of pyridine rings is 4. The van der Waals surface area contributed by atoms with Gasteiger partial charge in [-0.1, -0.05) is 0 Å². The summed E-state index contributed by atoms with van der Waals surface area (Å²) in [7, 11) is 0. The summed E-state index contributed by atoms with van der Waals surface area (Å²) >= 11 is 0. The summed E-state index contributed by atoms with van der Waals surface area (Å²) in [5.41, 5.74) is 16.9. The normalized spacial score (nSPS) is 9.26. The summed E-state index contributed by atoms with van der Waals surface area (Å²) in [4.78, 5) is 33.4. The maximum absolute atomic E-state index is 8.25. The van der Waals surface area contributed by atoms with Gasteiger partial charge in [0.05, 0.1) is 10.2 Å². The molecule has 0 unspecified atom stereocenters. The van der Waals surface area contributed by atoms with Crippen LogP contribution in [-0.4, -0.2) is 30.1 Å². The molecule has 0 aliphatic rings. The predicted molar refractivity (Wildman–Crippen MR) is 128 cm³/mol. The van der Waals surface area contributed by atoms with Crippen LogP contribution in [0.5, 0.6) is 0 Å². The molecule has 0 radical (unpaired) electrons. The van der Waals surface area contributed by atoms with Crippen molar-refractivity contribution < 1.29 is 37.5 Å². The van der Waals surface area contributed by atoms with Gasteiger partial charge in [-0.2, -0.15) is 0 Å². The first-order valence-electron chi connectivity index (χ1n) is 9.44. The van der Waals surface area contributed by atoms with Crippen LogP contribution in [0.1, 0.15) is 22.5 Å². The predicted octanol–water partition coefficient (Wildman–Crippen LogP) is 3.18. The van der Waals surface area contributed by atoms with E-state index in [1.54, 1.807) is 12.1 Å². The molecular formula is C20H22CdN8O6. The number of nitrogens with zero attached hydrogens (tertiary/aromatic N) is 6. The van der Waals surface area contributed by atoms with Crippen molar-refractivity contribution in [1.82, 2.24) is 19.9 Å². The van der Waals surface area contributed by atoms with Crippen molar-refractivity contribution in [2.75, 3.05) is 11.5 Å². The van der Waals surface area contributed by atoms with Crippen molar-refractivity contribution in [3.8, 4) is 0 Å². The maximum atomic E-state index is 8.25. The first-order chi connectivity index (χ1) is 15.8. The Morgan fingerprint density at radius 2 is 0.914 bits per heavy atom. The Balaban J connectivity index is 0.000000499. The molecule has 0 saturated carbocycles.